The molecule has 3 aromatic rings. The van der Waals surface area contributed by atoms with E-state index in [0.29, 0.717) is 29.3 Å². The van der Waals surface area contributed by atoms with Crippen molar-refractivity contribution in [3.8, 4) is 0 Å². The number of hydrogen-bond acceptors (Lipinski definition) is 7. The molecule has 0 aliphatic carbocycles. The van der Waals surface area contributed by atoms with Gasteiger partial charge in [-0.25, -0.2) is 36.9 Å². The van der Waals surface area contributed by atoms with Crippen LogP contribution in [0.1, 0.15) is 11.4 Å². The van der Waals surface area contributed by atoms with E-state index in [-0.39, 0.29) is 13.1 Å². The standard InChI is InChI=1S/C19H20F2N6O2S/c1-12-3-4-22-17(7-12)27-19-11-18(25-13(2)26-19)23-5-6-24-30(28,29)16-9-14(20)8-15(21)10-16/h3-4,7-11,24H,5-6H2,1-2H3,(H2,22,23,25,26,27). The summed E-state index contributed by atoms with van der Waals surface area (Å²) in [6.07, 6.45) is 1.68. The summed E-state index contributed by atoms with van der Waals surface area (Å²) >= 11 is 0. The number of nitrogens with one attached hydrogen (secondary N) is 3. The molecule has 0 amide bonds. The van der Waals surface area contributed by atoms with E-state index in [1.807, 2.05) is 19.1 Å². The van der Waals surface area contributed by atoms with Gasteiger partial charge < -0.3 is 10.6 Å². The Morgan fingerprint density at radius 1 is 0.900 bits per heavy atom. The summed E-state index contributed by atoms with van der Waals surface area (Å²) in [4.78, 5) is 12.3. The molecule has 0 spiro atoms. The lowest BCUT2D eigenvalue weighted by molar-refractivity contribution is 0.562. The van der Waals surface area contributed by atoms with Crippen LogP contribution in [0.15, 0.2) is 47.5 Å². The largest absolute Gasteiger partial charge is 0.369 e. The Morgan fingerprint density at radius 2 is 1.60 bits per heavy atom. The summed E-state index contributed by atoms with van der Waals surface area (Å²) < 4.78 is 53.1. The van der Waals surface area contributed by atoms with Gasteiger partial charge in [0.05, 0.1) is 4.90 Å². The normalized spacial score (nSPS) is 11.3. The van der Waals surface area contributed by atoms with Gasteiger partial charge in [0.1, 0.15) is 34.9 Å². The fourth-order valence-electron chi connectivity index (χ4n) is 2.60. The first-order valence-corrected chi connectivity index (χ1v) is 10.4. The number of rotatable bonds is 8. The third kappa shape index (κ3) is 5.91. The van der Waals surface area contributed by atoms with Crippen molar-refractivity contribution in [1.29, 1.82) is 0 Å². The van der Waals surface area contributed by atoms with Gasteiger partial charge in [-0.05, 0) is 43.7 Å². The molecule has 2 aromatic heterocycles. The third-order valence-electron chi connectivity index (χ3n) is 3.88. The Morgan fingerprint density at radius 3 is 2.30 bits per heavy atom. The van der Waals surface area contributed by atoms with Gasteiger partial charge in [0, 0.05) is 31.4 Å². The van der Waals surface area contributed by atoms with Gasteiger partial charge in [-0.3, -0.25) is 0 Å². The minimum atomic E-state index is -4.04. The van der Waals surface area contributed by atoms with E-state index in [0.717, 1.165) is 17.7 Å². The Balaban J connectivity index is 1.60. The van der Waals surface area contributed by atoms with Crippen LogP contribution in [-0.2, 0) is 10.0 Å². The highest BCUT2D eigenvalue weighted by atomic mass is 32.2. The molecule has 3 rings (SSSR count). The van der Waals surface area contributed by atoms with Gasteiger partial charge in [-0.15, -0.1) is 0 Å². The molecular weight excluding hydrogens is 414 g/mol. The van der Waals surface area contributed by atoms with Crippen molar-refractivity contribution in [3.05, 3.63) is 65.6 Å². The maximum Gasteiger partial charge on any atom is 0.240 e. The van der Waals surface area contributed by atoms with E-state index in [2.05, 4.69) is 30.3 Å². The second-order valence-electron chi connectivity index (χ2n) is 6.46. The van der Waals surface area contributed by atoms with E-state index in [1.165, 1.54) is 0 Å². The number of aryl methyl sites for hydroxylation is 2. The minimum absolute atomic E-state index is 0.0221. The number of pyridine rings is 1. The number of benzene rings is 1. The zero-order valence-corrected chi connectivity index (χ0v) is 17.1. The van der Waals surface area contributed by atoms with E-state index in [9.17, 15) is 17.2 Å². The number of hydrogen-bond donors (Lipinski definition) is 3. The van der Waals surface area contributed by atoms with Gasteiger partial charge in [-0.1, -0.05) is 0 Å². The smallest absolute Gasteiger partial charge is 0.240 e. The monoisotopic (exact) mass is 434 g/mol. The molecular formula is C19H20F2N6O2S. The van der Waals surface area contributed by atoms with Crippen molar-refractivity contribution < 1.29 is 17.2 Å². The molecule has 0 radical (unpaired) electrons. The first-order chi connectivity index (χ1) is 14.2. The first-order valence-electron chi connectivity index (χ1n) is 8.96. The molecule has 0 saturated heterocycles. The van der Waals surface area contributed by atoms with Crippen LogP contribution in [0.5, 0.6) is 0 Å². The zero-order valence-electron chi connectivity index (χ0n) is 16.3. The second-order valence-corrected chi connectivity index (χ2v) is 8.23. The molecule has 8 nitrogen and oxygen atoms in total. The predicted molar refractivity (Wildman–Crippen MR) is 109 cm³/mol. The van der Waals surface area contributed by atoms with E-state index in [1.54, 1.807) is 19.2 Å². The lowest BCUT2D eigenvalue weighted by Crippen LogP contribution is -2.29. The molecule has 2 heterocycles. The Labute approximate surface area is 172 Å². The van der Waals surface area contributed by atoms with Crippen molar-refractivity contribution in [3.63, 3.8) is 0 Å². The second kappa shape index (κ2) is 9.09. The molecule has 0 aliphatic heterocycles. The van der Waals surface area contributed by atoms with Crippen molar-refractivity contribution in [2.45, 2.75) is 18.7 Å². The van der Waals surface area contributed by atoms with Gasteiger partial charge in [-0.2, -0.15) is 0 Å². The molecule has 0 fully saturated rings. The Hall–Kier alpha value is -3.18. The van der Waals surface area contributed by atoms with Crippen molar-refractivity contribution in [1.82, 2.24) is 19.7 Å². The number of halogens is 2. The van der Waals surface area contributed by atoms with Crippen LogP contribution in [0.3, 0.4) is 0 Å². The number of aromatic nitrogens is 3. The SMILES string of the molecule is Cc1ccnc(Nc2cc(NCCNS(=O)(=O)c3cc(F)cc(F)c3)nc(C)n2)c1. The average Bonchev–Trinajstić information content (AvgIpc) is 2.64. The molecule has 30 heavy (non-hydrogen) atoms. The van der Waals surface area contributed by atoms with Crippen LogP contribution >= 0.6 is 0 Å². The topological polar surface area (TPSA) is 109 Å². The molecule has 0 aliphatic rings. The Kier molecular flexibility index (Phi) is 6.53. The van der Waals surface area contributed by atoms with Crippen LogP contribution in [0.2, 0.25) is 0 Å². The fraction of sp³-hybridized carbons (Fsp3) is 0.211. The van der Waals surface area contributed by atoms with Crippen molar-refractivity contribution in [2.75, 3.05) is 23.7 Å². The molecule has 0 atom stereocenters. The average molecular weight is 434 g/mol. The fourth-order valence-corrected chi connectivity index (χ4v) is 3.67. The van der Waals surface area contributed by atoms with Crippen LogP contribution in [-0.4, -0.2) is 36.5 Å². The lowest BCUT2D eigenvalue weighted by Gasteiger charge is -2.11. The summed E-state index contributed by atoms with van der Waals surface area (Å²) in [5, 5.41) is 6.07. The molecule has 11 heteroatoms. The molecule has 0 saturated carbocycles. The summed E-state index contributed by atoms with van der Waals surface area (Å²) in [6, 6.07) is 7.52. The van der Waals surface area contributed by atoms with E-state index in [4.69, 9.17) is 0 Å². The lowest BCUT2D eigenvalue weighted by atomic mass is 10.3. The van der Waals surface area contributed by atoms with Crippen LogP contribution < -0.4 is 15.4 Å². The number of anilines is 3. The van der Waals surface area contributed by atoms with E-state index >= 15 is 0 Å². The van der Waals surface area contributed by atoms with Crippen LogP contribution in [0.25, 0.3) is 0 Å². The maximum atomic E-state index is 13.3. The van der Waals surface area contributed by atoms with E-state index < -0.39 is 26.6 Å². The van der Waals surface area contributed by atoms with Crippen LogP contribution in [0.4, 0.5) is 26.2 Å². The zero-order chi connectivity index (χ0) is 21.7. The molecule has 158 valence electrons. The number of nitrogens with zero attached hydrogens (tertiary/aromatic N) is 3. The highest BCUT2D eigenvalue weighted by Gasteiger charge is 2.16. The third-order valence-corrected chi connectivity index (χ3v) is 5.32. The summed E-state index contributed by atoms with van der Waals surface area (Å²) in [7, 11) is -4.04. The number of sulfonamides is 1. The van der Waals surface area contributed by atoms with Gasteiger partial charge in [0.25, 0.3) is 0 Å². The predicted octanol–water partition coefficient (Wildman–Crippen LogP) is 2.90. The van der Waals surface area contributed by atoms with Crippen molar-refractivity contribution >= 4 is 27.5 Å². The quantitative estimate of drug-likeness (QED) is 0.468. The van der Waals surface area contributed by atoms with Crippen molar-refractivity contribution in [2.24, 2.45) is 0 Å². The summed E-state index contributed by atoms with van der Waals surface area (Å²) in [5.41, 5.74) is 1.04. The Bertz CT molecular complexity index is 1140. The molecule has 0 unspecified atom stereocenters. The molecule has 0 bridgehead atoms. The highest BCUT2D eigenvalue weighted by Crippen LogP contribution is 2.17. The van der Waals surface area contributed by atoms with Crippen LogP contribution in [0, 0.1) is 25.5 Å². The first kappa shape index (κ1) is 21.5. The highest BCUT2D eigenvalue weighted by molar-refractivity contribution is 7.89. The summed E-state index contributed by atoms with van der Waals surface area (Å²) in [6.45, 7) is 3.84. The summed E-state index contributed by atoms with van der Waals surface area (Å²) in [5.74, 6) is 0.217. The molecule has 3 N–H and O–H groups in total. The minimum Gasteiger partial charge on any atom is -0.369 e. The van der Waals surface area contributed by atoms with Gasteiger partial charge in [0.2, 0.25) is 10.0 Å². The van der Waals surface area contributed by atoms with Gasteiger partial charge >= 0.3 is 0 Å². The maximum absolute atomic E-state index is 13.3. The van der Waals surface area contributed by atoms with Gasteiger partial charge in [0.15, 0.2) is 0 Å². The molecule has 1 aromatic carbocycles.